The molecule has 0 saturated heterocycles. The summed E-state index contributed by atoms with van der Waals surface area (Å²) < 4.78 is 15.5. The molecule has 0 amide bonds. The van der Waals surface area contributed by atoms with Crippen LogP contribution in [-0.2, 0) is 0 Å². The third-order valence-electron chi connectivity index (χ3n) is 10.6. The average molecular weight is 677 g/mol. The van der Waals surface area contributed by atoms with Gasteiger partial charge in [-0.3, -0.25) is 0 Å². The van der Waals surface area contributed by atoms with E-state index in [1.807, 2.05) is 30.3 Å². The first-order valence-corrected chi connectivity index (χ1v) is 17.7. The molecule has 11 aromatic rings. The van der Waals surface area contributed by atoms with E-state index >= 15 is 0 Å². The first kappa shape index (κ1) is 29.4. The third-order valence-corrected chi connectivity index (χ3v) is 10.6. The molecule has 11 rings (SSSR count). The van der Waals surface area contributed by atoms with Crippen LogP contribution in [-0.4, -0.2) is 4.57 Å². The molecule has 3 heterocycles. The van der Waals surface area contributed by atoms with Crippen LogP contribution in [0, 0.1) is 6.57 Å². The summed E-state index contributed by atoms with van der Waals surface area (Å²) in [5, 5.41) is 6.31. The molecule has 4 nitrogen and oxygen atoms in total. The lowest BCUT2D eigenvalue weighted by molar-refractivity contribution is 0.667. The monoisotopic (exact) mass is 676 g/mol. The average Bonchev–Trinajstić information content (AvgIpc) is 3.90. The minimum Gasteiger partial charge on any atom is -0.465 e. The van der Waals surface area contributed by atoms with Crippen molar-refractivity contribution in [2.24, 2.45) is 0 Å². The molecule has 3 aromatic heterocycles. The number of aromatic nitrogens is 1. The van der Waals surface area contributed by atoms with Crippen LogP contribution < -0.4 is 0 Å². The number of para-hydroxylation sites is 3. The molecule has 0 fully saturated rings. The van der Waals surface area contributed by atoms with Crippen molar-refractivity contribution < 1.29 is 8.83 Å². The molecule has 0 atom stereocenters. The summed E-state index contributed by atoms with van der Waals surface area (Å²) >= 11 is 0. The molecular formula is C49H28N2O2. The van der Waals surface area contributed by atoms with Crippen LogP contribution in [0.1, 0.15) is 0 Å². The molecule has 0 bridgehead atoms. The molecule has 0 saturated carbocycles. The van der Waals surface area contributed by atoms with Crippen molar-refractivity contribution in [3.63, 3.8) is 0 Å². The van der Waals surface area contributed by atoms with Crippen molar-refractivity contribution in [3.8, 4) is 39.1 Å². The molecule has 0 N–H and O–H groups in total. The molecule has 0 aliphatic rings. The Morgan fingerprint density at radius 1 is 0.396 bits per heavy atom. The number of furan rings is 2. The Morgan fingerprint density at radius 2 is 1.06 bits per heavy atom. The van der Waals surface area contributed by atoms with Crippen molar-refractivity contribution in [2.75, 3.05) is 0 Å². The first-order valence-electron chi connectivity index (χ1n) is 17.7. The Balaban J connectivity index is 1.18. The highest BCUT2D eigenvalue weighted by Crippen LogP contribution is 2.45. The molecule has 0 unspecified atom stereocenters. The molecule has 0 aliphatic heterocycles. The van der Waals surface area contributed by atoms with Gasteiger partial charge in [0.2, 0.25) is 5.69 Å². The van der Waals surface area contributed by atoms with Gasteiger partial charge in [0.1, 0.15) is 16.7 Å². The Hall–Kier alpha value is -7.35. The number of benzene rings is 8. The van der Waals surface area contributed by atoms with E-state index in [9.17, 15) is 0 Å². The van der Waals surface area contributed by atoms with Crippen molar-refractivity contribution in [1.29, 1.82) is 0 Å². The zero-order valence-electron chi connectivity index (χ0n) is 28.4. The number of nitrogens with zero attached hydrogens (tertiary/aromatic N) is 2. The Kier molecular flexibility index (Phi) is 6.28. The van der Waals surface area contributed by atoms with E-state index in [1.165, 1.54) is 11.1 Å². The van der Waals surface area contributed by atoms with Crippen LogP contribution in [0.3, 0.4) is 0 Å². The minimum atomic E-state index is 0.467. The summed E-state index contributed by atoms with van der Waals surface area (Å²) in [6.45, 7) is 8.25. The fourth-order valence-corrected chi connectivity index (χ4v) is 8.16. The predicted octanol–water partition coefficient (Wildman–Crippen LogP) is 14.1. The largest absolute Gasteiger partial charge is 0.465 e. The van der Waals surface area contributed by atoms with Gasteiger partial charge >= 0.3 is 0 Å². The fraction of sp³-hybridized carbons (Fsp3) is 0. The molecular weight excluding hydrogens is 649 g/mol. The summed E-state index contributed by atoms with van der Waals surface area (Å²) in [7, 11) is 0. The molecule has 8 aromatic carbocycles. The van der Waals surface area contributed by atoms with Gasteiger partial charge in [0, 0.05) is 37.9 Å². The number of hydrogen-bond donors (Lipinski definition) is 0. The highest BCUT2D eigenvalue weighted by atomic mass is 16.3. The summed E-state index contributed by atoms with van der Waals surface area (Å²) in [6, 6.07) is 59.2. The van der Waals surface area contributed by atoms with E-state index in [-0.39, 0.29) is 0 Å². The number of rotatable bonds is 4. The fourth-order valence-electron chi connectivity index (χ4n) is 8.16. The Bertz CT molecular complexity index is 3280. The highest BCUT2D eigenvalue weighted by molar-refractivity contribution is 6.17. The van der Waals surface area contributed by atoms with Gasteiger partial charge in [-0.25, -0.2) is 4.85 Å². The molecule has 0 radical (unpaired) electrons. The van der Waals surface area contributed by atoms with Crippen LogP contribution in [0.25, 0.3) is 110 Å². The van der Waals surface area contributed by atoms with Crippen molar-refractivity contribution in [2.45, 2.75) is 0 Å². The predicted molar refractivity (Wildman–Crippen MR) is 218 cm³/mol. The van der Waals surface area contributed by atoms with Crippen LogP contribution in [0.15, 0.2) is 179 Å². The second-order valence-corrected chi connectivity index (χ2v) is 13.6. The van der Waals surface area contributed by atoms with Gasteiger partial charge in [-0.1, -0.05) is 127 Å². The second kappa shape index (κ2) is 11.3. The highest BCUT2D eigenvalue weighted by Gasteiger charge is 2.22. The van der Waals surface area contributed by atoms with Crippen molar-refractivity contribution in [3.05, 3.63) is 181 Å². The lowest BCUT2D eigenvalue weighted by atomic mass is 9.99. The lowest BCUT2D eigenvalue weighted by Gasteiger charge is -2.10. The zero-order valence-corrected chi connectivity index (χ0v) is 28.4. The van der Waals surface area contributed by atoms with E-state index in [1.54, 1.807) is 0 Å². The van der Waals surface area contributed by atoms with Gasteiger partial charge in [0.15, 0.2) is 5.58 Å². The van der Waals surface area contributed by atoms with Gasteiger partial charge < -0.3 is 13.4 Å². The Morgan fingerprint density at radius 3 is 1.85 bits per heavy atom. The summed E-state index contributed by atoms with van der Waals surface area (Å²) in [4.78, 5) is 4.00. The van der Waals surface area contributed by atoms with Crippen molar-refractivity contribution in [1.82, 2.24) is 4.57 Å². The maximum Gasteiger partial charge on any atom is 0.230 e. The van der Waals surface area contributed by atoms with Gasteiger partial charge in [0.25, 0.3) is 0 Å². The topological polar surface area (TPSA) is 35.6 Å². The van der Waals surface area contributed by atoms with Crippen molar-refractivity contribution >= 4 is 71.4 Å². The molecule has 0 aliphatic carbocycles. The number of hydrogen-bond acceptors (Lipinski definition) is 2. The zero-order chi connectivity index (χ0) is 35.0. The maximum absolute atomic E-state index is 8.25. The lowest BCUT2D eigenvalue weighted by Crippen LogP contribution is -1.94. The molecule has 4 heteroatoms. The van der Waals surface area contributed by atoms with Gasteiger partial charge in [-0.2, -0.15) is 0 Å². The molecule has 246 valence electrons. The van der Waals surface area contributed by atoms with Gasteiger partial charge in [-0.15, -0.1) is 0 Å². The Labute approximate surface area is 304 Å². The quantitative estimate of drug-likeness (QED) is 0.174. The smallest absolute Gasteiger partial charge is 0.230 e. The summed E-state index contributed by atoms with van der Waals surface area (Å²) in [5.41, 5.74) is 13.0. The molecule has 0 spiro atoms. The van der Waals surface area contributed by atoms with Crippen LogP contribution in [0.2, 0.25) is 0 Å². The van der Waals surface area contributed by atoms with E-state index in [4.69, 9.17) is 15.4 Å². The summed E-state index contributed by atoms with van der Waals surface area (Å²) in [5.74, 6) is 0. The van der Waals surface area contributed by atoms with Crippen LogP contribution >= 0.6 is 0 Å². The van der Waals surface area contributed by atoms with Gasteiger partial charge in [0.05, 0.1) is 23.3 Å². The van der Waals surface area contributed by atoms with Crippen LogP contribution in [0.4, 0.5) is 5.69 Å². The SMILES string of the molecule is [C-]#[N+]c1cc(-c2cccc3c2oc2ccccc23)cc2c1oc1c(-n3c4ccc(-c5ccccc5)cc4c4ccc(-c5ccccc5)cc43)cccc12. The first-order chi connectivity index (χ1) is 26.2. The van der Waals surface area contributed by atoms with Gasteiger partial charge in [-0.05, 0) is 70.3 Å². The minimum absolute atomic E-state index is 0.467. The summed E-state index contributed by atoms with van der Waals surface area (Å²) in [6.07, 6.45) is 0. The maximum atomic E-state index is 8.25. The van der Waals surface area contributed by atoms with E-state index in [0.29, 0.717) is 11.3 Å². The number of fused-ring (bicyclic) bond motifs is 9. The van der Waals surface area contributed by atoms with E-state index in [0.717, 1.165) is 88.0 Å². The van der Waals surface area contributed by atoms with E-state index in [2.05, 4.69) is 149 Å². The van der Waals surface area contributed by atoms with E-state index < -0.39 is 0 Å². The van der Waals surface area contributed by atoms with Crippen LogP contribution in [0.5, 0.6) is 0 Å². The molecule has 53 heavy (non-hydrogen) atoms. The second-order valence-electron chi connectivity index (χ2n) is 13.6. The normalized spacial score (nSPS) is 11.8. The third kappa shape index (κ3) is 4.41. The standard InChI is InChI=1S/C49H28N2O2/c1-50-42-28-34(35-17-10-18-38-37-16-8-9-21-46(37)52-47(35)38)27-41-39-19-11-20-44(49(39)53-48(41)42)51-43-25-23-32(30-12-4-2-5-13-30)26-40(43)36-24-22-33(29-45(36)51)31-14-6-3-7-15-31/h2-29H.